The number of hydrogen-bond acceptors (Lipinski definition) is 2. The molecule has 3 aliphatic rings. The molecule has 1 spiro atoms. The summed E-state index contributed by atoms with van der Waals surface area (Å²) in [5.41, 5.74) is 1.87. The van der Waals surface area contributed by atoms with Crippen LogP contribution in [-0.4, -0.2) is 43.3 Å². The first-order valence-electron chi connectivity index (χ1n) is 8.42. The Balaban J connectivity index is 1.24. The fraction of sp³-hybridized carbons (Fsp3) is 0.611. The number of benzene rings is 1. The zero-order valence-electron chi connectivity index (χ0n) is 13.0. The number of likely N-dealkylation sites (tertiary alicyclic amines) is 1. The molecule has 0 radical (unpaired) electrons. The van der Waals surface area contributed by atoms with Gasteiger partial charge in [0.15, 0.2) is 0 Å². The second-order valence-corrected chi connectivity index (χ2v) is 7.21. The van der Waals surface area contributed by atoms with Gasteiger partial charge in [-0.1, -0.05) is 30.3 Å². The number of hydrogen-bond donors (Lipinski definition) is 1. The lowest BCUT2D eigenvalue weighted by Crippen LogP contribution is -2.65. The molecule has 22 heavy (non-hydrogen) atoms. The maximum absolute atomic E-state index is 12.2. The highest BCUT2D eigenvalue weighted by Gasteiger charge is 2.53. The quantitative estimate of drug-likeness (QED) is 0.912. The van der Waals surface area contributed by atoms with Gasteiger partial charge in [-0.3, -0.25) is 0 Å². The molecule has 0 aromatic heterocycles. The van der Waals surface area contributed by atoms with Crippen molar-refractivity contribution in [1.29, 1.82) is 0 Å². The van der Waals surface area contributed by atoms with E-state index in [1.807, 2.05) is 4.90 Å². The molecule has 1 N–H and O–H groups in total. The number of urea groups is 1. The van der Waals surface area contributed by atoms with E-state index in [4.69, 9.17) is 4.74 Å². The molecule has 2 aliphatic heterocycles. The standard InChI is InChI=1S/C18H24N2O2/c21-17(19-16-6-8-22-9-7-16)20-12-18(13-20)10-15(11-18)14-4-2-1-3-5-14/h1-5,15-16H,6-13H2,(H,19,21). The van der Waals surface area contributed by atoms with Gasteiger partial charge in [-0.15, -0.1) is 0 Å². The summed E-state index contributed by atoms with van der Waals surface area (Å²) in [6.07, 6.45) is 4.36. The van der Waals surface area contributed by atoms with Gasteiger partial charge in [0.25, 0.3) is 0 Å². The van der Waals surface area contributed by atoms with E-state index in [9.17, 15) is 4.79 Å². The maximum Gasteiger partial charge on any atom is 0.317 e. The van der Waals surface area contributed by atoms with Crippen molar-refractivity contribution in [3.63, 3.8) is 0 Å². The van der Waals surface area contributed by atoms with Gasteiger partial charge >= 0.3 is 6.03 Å². The number of amides is 2. The Bertz CT molecular complexity index is 525. The lowest BCUT2D eigenvalue weighted by molar-refractivity contribution is -0.0485. The fourth-order valence-electron chi connectivity index (χ4n) is 4.22. The van der Waals surface area contributed by atoms with Crippen LogP contribution in [0, 0.1) is 5.41 Å². The lowest BCUT2D eigenvalue weighted by Gasteiger charge is -2.59. The van der Waals surface area contributed by atoms with Crippen LogP contribution in [0.15, 0.2) is 30.3 Å². The number of carbonyl (C=O) groups is 1. The molecule has 3 fully saturated rings. The smallest absolute Gasteiger partial charge is 0.317 e. The Kier molecular flexibility index (Phi) is 3.57. The first-order valence-corrected chi connectivity index (χ1v) is 8.42. The third-order valence-corrected chi connectivity index (χ3v) is 5.52. The Hall–Kier alpha value is -1.55. The van der Waals surface area contributed by atoms with Crippen LogP contribution in [0.2, 0.25) is 0 Å². The van der Waals surface area contributed by atoms with Crippen LogP contribution < -0.4 is 5.32 Å². The number of rotatable bonds is 2. The van der Waals surface area contributed by atoms with Gasteiger partial charge in [-0.25, -0.2) is 4.79 Å². The van der Waals surface area contributed by atoms with Crippen molar-refractivity contribution in [3.8, 4) is 0 Å². The highest BCUT2D eigenvalue weighted by molar-refractivity contribution is 5.75. The minimum Gasteiger partial charge on any atom is -0.381 e. The zero-order valence-corrected chi connectivity index (χ0v) is 13.0. The Morgan fingerprint density at radius 1 is 1.14 bits per heavy atom. The molecule has 1 saturated carbocycles. The molecule has 4 rings (SSSR count). The predicted octanol–water partition coefficient (Wildman–Crippen LogP) is 2.75. The van der Waals surface area contributed by atoms with Gasteiger partial charge in [0, 0.05) is 37.8 Å². The largest absolute Gasteiger partial charge is 0.381 e. The van der Waals surface area contributed by atoms with Crippen molar-refractivity contribution in [2.45, 2.75) is 37.6 Å². The van der Waals surface area contributed by atoms with Crippen molar-refractivity contribution >= 4 is 6.03 Å². The van der Waals surface area contributed by atoms with Crippen LogP contribution in [0.5, 0.6) is 0 Å². The minimum atomic E-state index is 0.126. The second-order valence-electron chi connectivity index (χ2n) is 7.21. The SMILES string of the molecule is O=C(NC1CCOCC1)N1CC2(CC(c3ccccc3)C2)C1. The molecular formula is C18H24N2O2. The normalized spacial score (nSPS) is 24.6. The van der Waals surface area contributed by atoms with E-state index in [0.29, 0.717) is 17.4 Å². The summed E-state index contributed by atoms with van der Waals surface area (Å²) >= 11 is 0. The molecular weight excluding hydrogens is 276 g/mol. The summed E-state index contributed by atoms with van der Waals surface area (Å²) in [7, 11) is 0. The highest BCUT2D eigenvalue weighted by atomic mass is 16.5. The summed E-state index contributed by atoms with van der Waals surface area (Å²) in [6, 6.07) is 11.2. The van der Waals surface area contributed by atoms with Gasteiger partial charge in [0.05, 0.1) is 0 Å². The van der Waals surface area contributed by atoms with Gasteiger partial charge < -0.3 is 15.0 Å². The van der Waals surface area contributed by atoms with Crippen LogP contribution in [-0.2, 0) is 4.74 Å². The zero-order chi connectivity index (χ0) is 15.0. The summed E-state index contributed by atoms with van der Waals surface area (Å²) in [5.74, 6) is 0.696. The van der Waals surface area contributed by atoms with Gasteiger partial charge in [0.1, 0.15) is 0 Å². The minimum absolute atomic E-state index is 0.126. The van der Waals surface area contributed by atoms with E-state index in [1.165, 1.54) is 18.4 Å². The average Bonchev–Trinajstić information content (AvgIpc) is 2.46. The summed E-state index contributed by atoms with van der Waals surface area (Å²) in [4.78, 5) is 14.2. The summed E-state index contributed by atoms with van der Waals surface area (Å²) < 4.78 is 5.33. The number of nitrogens with zero attached hydrogens (tertiary/aromatic N) is 1. The number of ether oxygens (including phenoxy) is 1. The lowest BCUT2D eigenvalue weighted by atomic mass is 9.56. The van der Waals surface area contributed by atoms with Crippen molar-refractivity contribution < 1.29 is 9.53 Å². The van der Waals surface area contributed by atoms with Crippen LogP contribution in [0.1, 0.15) is 37.2 Å². The van der Waals surface area contributed by atoms with E-state index < -0.39 is 0 Å². The molecule has 0 unspecified atom stereocenters. The molecule has 0 bridgehead atoms. The molecule has 1 aromatic rings. The summed E-state index contributed by atoms with van der Waals surface area (Å²) in [6.45, 7) is 3.41. The first-order chi connectivity index (χ1) is 10.7. The molecule has 1 aromatic carbocycles. The molecule has 4 nitrogen and oxygen atoms in total. The molecule has 118 valence electrons. The Labute approximate surface area is 131 Å². The van der Waals surface area contributed by atoms with Crippen LogP contribution >= 0.6 is 0 Å². The van der Waals surface area contributed by atoms with Crippen molar-refractivity contribution in [2.24, 2.45) is 5.41 Å². The Morgan fingerprint density at radius 2 is 1.82 bits per heavy atom. The fourth-order valence-corrected chi connectivity index (χ4v) is 4.22. The van der Waals surface area contributed by atoms with Crippen molar-refractivity contribution in [3.05, 3.63) is 35.9 Å². The molecule has 2 saturated heterocycles. The van der Waals surface area contributed by atoms with Crippen LogP contribution in [0.25, 0.3) is 0 Å². The van der Waals surface area contributed by atoms with E-state index in [0.717, 1.165) is 39.1 Å². The van der Waals surface area contributed by atoms with E-state index >= 15 is 0 Å². The predicted molar refractivity (Wildman–Crippen MR) is 84.8 cm³/mol. The number of carbonyl (C=O) groups excluding carboxylic acids is 1. The van der Waals surface area contributed by atoms with Crippen LogP contribution in [0.3, 0.4) is 0 Å². The molecule has 0 atom stereocenters. The van der Waals surface area contributed by atoms with Crippen molar-refractivity contribution in [2.75, 3.05) is 26.3 Å². The van der Waals surface area contributed by atoms with Gasteiger partial charge in [-0.2, -0.15) is 0 Å². The molecule has 2 amide bonds. The van der Waals surface area contributed by atoms with Crippen molar-refractivity contribution in [1.82, 2.24) is 10.2 Å². The summed E-state index contributed by atoms with van der Waals surface area (Å²) in [5, 5.41) is 3.16. The monoisotopic (exact) mass is 300 g/mol. The third-order valence-electron chi connectivity index (χ3n) is 5.52. The maximum atomic E-state index is 12.2. The molecule has 4 heteroatoms. The topological polar surface area (TPSA) is 41.6 Å². The first kappa shape index (κ1) is 14.1. The number of nitrogens with one attached hydrogen (secondary N) is 1. The van der Waals surface area contributed by atoms with Gasteiger partial charge in [-0.05, 0) is 37.2 Å². The van der Waals surface area contributed by atoms with E-state index in [-0.39, 0.29) is 6.03 Å². The average molecular weight is 300 g/mol. The van der Waals surface area contributed by atoms with Gasteiger partial charge in [0.2, 0.25) is 0 Å². The highest BCUT2D eigenvalue weighted by Crippen LogP contribution is 2.55. The molecule has 1 aliphatic carbocycles. The second kappa shape index (κ2) is 5.58. The Morgan fingerprint density at radius 3 is 2.50 bits per heavy atom. The third kappa shape index (κ3) is 2.60. The van der Waals surface area contributed by atoms with E-state index in [2.05, 4.69) is 35.6 Å². The van der Waals surface area contributed by atoms with E-state index in [1.54, 1.807) is 0 Å². The molecule has 2 heterocycles. The van der Waals surface area contributed by atoms with Crippen LogP contribution in [0.4, 0.5) is 4.79 Å².